The van der Waals surface area contributed by atoms with Gasteiger partial charge in [-0.25, -0.2) is 8.42 Å². The first kappa shape index (κ1) is 14.5. The third kappa shape index (κ3) is 2.58. The molecule has 0 aliphatic carbocycles. The van der Waals surface area contributed by atoms with Crippen LogP contribution in [-0.4, -0.2) is 24.8 Å². The van der Waals surface area contributed by atoms with Crippen LogP contribution in [0.3, 0.4) is 0 Å². The van der Waals surface area contributed by atoms with E-state index in [9.17, 15) is 8.42 Å². The van der Waals surface area contributed by atoms with Crippen LogP contribution >= 0.6 is 0 Å². The molecule has 3 rings (SSSR count). The average Bonchev–Trinajstić information content (AvgIpc) is 2.46. The molecule has 112 valence electrons. The highest BCUT2D eigenvalue weighted by Gasteiger charge is 2.35. The molecule has 1 aliphatic rings. The van der Waals surface area contributed by atoms with E-state index in [1.807, 2.05) is 44.2 Å². The Bertz CT molecular complexity index is 744. The van der Waals surface area contributed by atoms with Crippen molar-refractivity contribution in [3.05, 3.63) is 42.5 Å². The van der Waals surface area contributed by atoms with Crippen LogP contribution in [0, 0.1) is 0 Å². The summed E-state index contributed by atoms with van der Waals surface area (Å²) in [6.45, 7) is 4.02. The second-order valence-electron chi connectivity index (χ2n) is 5.97. The van der Waals surface area contributed by atoms with Crippen LogP contribution < -0.4 is 0 Å². The van der Waals surface area contributed by atoms with Crippen molar-refractivity contribution >= 4 is 20.8 Å². The van der Waals surface area contributed by atoms with Crippen LogP contribution in [-0.2, 0) is 10.0 Å². The summed E-state index contributed by atoms with van der Waals surface area (Å²) in [6.07, 6.45) is 2.99. The summed E-state index contributed by atoms with van der Waals surface area (Å²) in [5.74, 6) is 0. The monoisotopic (exact) mass is 303 g/mol. The van der Waals surface area contributed by atoms with Gasteiger partial charge >= 0.3 is 0 Å². The molecule has 0 N–H and O–H groups in total. The quantitative estimate of drug-likeness (QED) is 0.846. The Morgan fingerprint density at radius 1 is 0.952 bits per heavy atom. The Hall–Kier alpha value is -1.39. The zero-order valence-electron chi connectivity index (χ0n) is 12.5. The third-order valence-corrected chi connectivity index (χ3v) is 6.53. The van der Waals surface area contributed by atoms with E-state index in [-0.39, 0.29) is 12.1 Å². The number of hydrogen-bond acceptors (Lipinski definition) is 2. The maximum atomic E-state index is 13.0. The van der Waals surface area contributed by atoms with Crippen LogP contribution in [0.25, 0.3) is 10.8 Å². The van der Waals surface area contributed by atoms with E-state index in [1.54, 1.807) is 16.4 Å². The Balaban J connectivity index is 2.07. The lowest BCUT2D eigenvalue weighted by Gasteiger charge is -2.37. The van der Waals surface area contributed by atoms with Gasteiger partial charge in [-0.2, -0.15) is 4.31 Å². The van der Waals surface area contributed by atoms with Crippen LogP contribution in [0.5, 0.6) is 0 Å². The number of nitrogens with zero attached hydrogens (tertiary/aromatic N) is 1. The highest BCUT2D eigenvalue weighted by Crippen LogP contribution is 2.30. The first-order valence-electron chi connectivity index (χ1n) is 7.52. The van der Waals surface area contributed by atoms with Gasteiger partial charge in [-0.1, -0.05) is 36.8 Å². The van der Waals surface area contributed by atoms with Gasteiger partial charge in [0.25, 0.3) is 0 Å². The van der Waals surface area contributed by atoms with Crippen molar-refractivity contribution in [1.29, 1.82) is 0 Å². The van der Waals surface area contributed by atoms with Gasteiger partial charge in [-0.3, -0.25) is 0 Å². The summed E-state index contributed by atoms with van der Waals surface area (Å²) in [6, 6.07) is 13.4. The molecule has 0 amide bonds. The molecule has 0 unspecified atom stereocenters. The molecule has 2 aromatic carbocycles. The predicted octanol–water partition coefficient (Wildman–Crippen LogP) is 3.79. The van der Waals surface area contributed by atoms with E-state index >= 15 is 0 Å². The van der Waals surface area contributed by atoms with Gasteiger partial charge in [0.05, 0.1) is 4.90 Å². The highest BCUT2D eigenvalue weighted by molar-refractivity contribution is 7.89. The normalized spacial score (nSPS) is 24.3. The number of fused-ring (bicyclic) bond motifs is 1. The molecule has 2 aromatic rings. The summed E-state index contributed by atoms with van der Waals surface area (Å²) in [5.41, 5.74) is 0. The molecule has 0 radical (unpaired) electrons. The Kier molecular flexibility index (Phi) is 3.76. The molecule has 1 fully saturated rings. The maximum absolute atomic E-state index is 13.0. The number of sulfonamides is 1. The molecule has 3 nitrogen and oxygen atoms in total. The second kappa shape index (κ2) is 5.43. The molecule has 0 spiro atoms. The van der Waals surface area contributed by atoms with Crippen LogP contribution in [0.15, 0.2) is 47.4 Å². The van der Waals surface area contributed by atoms with Gasteiger partial charge in [0.15, 0.2) is 0 Å². The van der Waals surface area contributed by atoms with Gasteiger partial charge in [0.1, 0.15) is 0 Å². The first-order chi connectivity index (χ1) is 10.00. The molecular formula is C17H21NO2S. The largest absolute Gasteiger partial charge is 0.243 e. The number of benzene rings is 2. The molecular weight excluding hydrogens is 282 g/mol. The Morgan fingerprint density at radius 2 is 1.57 bits per heavy atom. The van der Waals surface area contributed by atoms with Crippen molar-refractivity contribution in [3.63, 3.8) is 0 Å². The van der Waals surface area contributed by atoms with E-state index in [4.69, 9.17) is 0 Å². The fourth-order valence-corrected chi connectivity index (χ4v) is 5.24. The zero-order valence-corrected chi connectivity index (χ0v) is 13.3. The summed E-state index contributed by atoms with van der Waals surface area (Å²) in [7, 11) is -3.42. The van der Waals surface area contributed by atoms with E-state index in [1.165, 1.54) is 0 Å². The third-order valence-electron chi connectivity index (χ3n) is 4.41. The van der Waals surface area contributed by atoms with Gasteiger partial charge in [-0.15, -0.1) is 0 Å². The van der Waals surface area contributed by atoms with E-state index < -0.39 is 10.0 Å². The minimum atomic E-state index is -3.42. The lowest BCUT2D eigenvalue weighted by molar-refractivity contribution is 0.204. The summed E-state index contributed by atoms with van der Waals surface area (Å²) in [4.78, 5) is 0.404. The first-order valence-corrected chi connectivity index (χ1v) is 8.96. The Morgan fingerprint density at radius 3 is 2.24 bits per heavy atom. The minimum Gasteiger partial charge on any atom is -0.207 e. The van der Waals surface area contributed by atoms with Gasteiger partial charge in [0.2, 0.25) is 10.0 Å². The standard InChI is InChI=1S/C17H21NO2S/c1-13-6-5-7-14(2)18(13)21(19,20)17-11-10-15-8-3-4-9-16(15)12-17/h3-4,8-14H,5-7H2,1-2H3/t13-,14-/m1/s1. The van der Waals surface area contributed by atoms with Crippen molar-refractivity contribution in [2.75, 3.05) is 0 Å². The average molecular weight is 303 g/mol. The van der Waals surface area contributed by atoms with Crippen LogP contribution in [0.2, 0.25) is 0 Å². The van der Waals surface area contributed by atoms with Crippen molar-refractivity contribution < 1.29 is 8.42 Å². The number of piperidine rings is 1. The highest BCUT2D eigenvalue weighted by atomic mass is 32.2. The zero-order chi connectivity index (χ0) is 15.0. The van der Waals surface area contributed by atoms with Gasteiger partial charge in [-0.05, 0) is 49.6 Å². The number of hydrogen-bond donors (Lipinski definition) is 0. The fourth-order valence-electron chi connectivity index (χ4n) is 3.32. The molecule has 4 heteroatoms. The van der Waals surface area contributed by atoms with Crippen LogP contribution in [0.1, 0.15) is 33.1 Å². The van der Waals surface area contributed by atoms with Crippen LogP contribution in [0.4, 0.5) is 0 Å². The summed E-state index contributed by atoms with van der Waals surface area (Å²) < 4.78 is 27.7. The van der Waals surface area contributed by atoms with E-state index in [0.29, 0.717) is 4.90 Å². The molecule has 0 aromatic heterocycles. The summed E-state index contributed by atoms with van der Waals surface area (Å²) >= 11 is 0. The molecule has 0 bridgehead atoms. The molecule has 1 saturated heterocycles. The SMILES string of the molecule is C[C@@H]1CCC[C@@H](C)N1S(=O)(=O)c1ccc2ccccc2c1. The predicted molar refractivity (Wildman–Crippen MR) is 85.7 cm³/mol. The maximum Gasteiger partial charge on any atom is 0.243 e. The molecule has 1 heterocycles. The molecule has 2 atom stereocenters. The minimum absolute atomic E-state index is 0.0743. The Labute approximate surface area is 126 Å². The molecule has 21 heavy (non-hydrogen) atoms. The van der Waals surface area contributed by atoms with E-state index in [2.05, 4.69) is 0 Å². The van der Waals surface area contributed by atoms with E-state index in [0.717, 1.165) is 30.0 Å². The topological polar surface area (TPSA) is 37.4 Å². The van der Waals surface area contributed by atoms with Crippen molar-refractivity contribution in [2.24, 2.45) is 0 Å². The lowest BCUT2D eigenvalue weighted by Crippen LogP contribution is -2.47. The van der Waals surface area contributed by atoms with Crippen molar-refractivity contribution in [3.8, 4) is 0 Å². The fraction of sp³-hybridized carbons (Fsp3) is 0.412. The van der Waals surface area contributed by atoms with Crippen molar-refractivity contribution in [1.82, 2.24) is 4.31 Å². The number of rotatable bonds is 2. The second-order valence-corrected chi connectivity index (χ2v) is 7.82. The van der Waals surface area contributed by atoms with Gasteiger partial charge < -0.3 is 0 Å². The smallest absolute Gasteiger partial charge is 0.207 e. The lowest BCUT2D eigenvalue weighted by atomic mass is 10.0. The molecule has 1 aliphatic heterocycles. The van der Waals surface area contributed by atoms with Crippen molar-refractivity contribution in [2.45, 2.75) is 50.1 Å². The summed E-state index contributed by atoms with van der Waals surface area (Å²) in [5, 5.41) is 2.03. The van der Waals surface area contributed by atoms with Gasteiger partial charge in [0, 0.05) is 12.1 Å². The molecule has 0 saturated carbocycles.